The van der Waals surface area contributed by atoms with E-state index in [0.717, 1.165) is 25.9 Å². The summed E-state index contributed by atoms with van der Waals surface area (Å²) in [5.74, 6) is 1.18. The highest BCUT2D eigenvalue weighted by Crippen LogP contribution is 2.58. The van der Waals surface area contributed by atoms with Crippen LogP contribution in [0.3, 0.4) is 0 Å². The van der Waals surface area contributed by atoms with E-state index in [4.69, 9.17) is 0 Å². The van der Waals surface area contributed by atoms with E-state index in [0.29, 0.717) is 29.2 Å². The lowest BCUT2D eigenvalue weighted by Crippen LogP contribution is -2.40. The average molecular weight is 275 g/mol. The molecular formula is C14H27ClN2O. The van der Waals surface area contributed by atoms with Gasteiger partial charge >= 0.3 is 0 Å². The van der Waals surface area contributed by atoms with Crippen molar-refractivity contribution in [3.8, 4) is 0 Å². The van der Waals surface area contributed by atoms with Crippen LogP contribution in [-0.2, 0) is 4.79 Å². The molecule has 2 fully saturated rings. The number of halogens is 1. The fourth-order valence-corrected chi connectivity index (χ4v) is 3.02. The molecule has 3 atom stereocenters. The first-order valence-corrected chi connectivity index (χ1v) is 7.10. The normalized spacial score (nSPS) is 28.1. The van der Waals surface area contributed by atoms with Crippen LogP contribution in [0.4, 0.5) is 0 Å². The molecule has 1 heterocycles. The number of hydrogen-bond donors (Lipinski definition) is 2. The Balaban J connectivity index is 0.00000162. The van der Waals surface area contributed by atoms with Gasteiger partial charge in [0.15, 0.2) is 0 Å². The van der Waals surface area contributed by atoms with Gasteiger partial charge in [-0.1, -0.05) is 20.3 Å². The minimum absolute atomic E-state index is 0. The van der Waals surface area contributed by atoms with Crippen molar-refractivity contribution in [1.29, 1.82) is 0 Å². The number of carbonyl (C=O) groups excluding carboxylic acids is 1. The van der Waals surface area contributed by atoms with E-state index in [-0.39, 0.29) is 12.4 Å². The lowest BCUT2D eigenvalue weighted by atomic mass is 9.91. The second kappa shape index (κ2) is 6.25. The Morgan fingerprint density at radius 2 is 2.00 bits per heavy atom. The van der Waals surface area contributed by atoms with E-state index < -0.39 is 0 Å². The Labute approximate surface area is 117 Å². The molecule has 2 aliphatic rings. The van der Waals surface area contributed by atoms with E-state index in [1.165, 1.54) is 12.8 Å². The van der Waals surface area contributed by atoms with Gasteiger partial charge in [-0.15, -0.1) is 12.4 Å². The molecule has 1 spiro atoms. The third kappa shape index (κ3) is 3.18. The van der Waals surface area contributed by atoms with Gasteiger partial charge in [0.05, 0.1) is 0 Å². The highest BCUT2D eigenvalue weighted by molar-refractivity contribution is 5.85. The van der Waals surface area contributed by atoms with Crippen molar-refractivity contribution in [3.05, 3.63) is 0 Å². The zero-order valence-corrected chi connectivity index (χ0v) is 12.6. The van der Waals surface area contributed by atoms with Crippen molar-refractivity contribution in [2.45, 2.75) is 52.5 Å². The Bertz CT molecular complexity index is 290. The molecule has 0 aromatic rings. The third-order valence-electron chi connectivity index (χ3n) is 4.97. The zero-order valence-electron chi connectivity index (χ0n) is 11.8. The number of hydrogen-bond acceptors (Lipinski definition) is 2. The highest BCUT2D eigenvalue weighted by atomic mass is 35.5. The molecule has 18 heavy (non-hydrogen) atoms. The van der Waals surface area contributed by atoms with Crippen molar-refractivity contribution in [2.24, 2.45) is 17.3 Å². The topological polar surface area (TPSA) is 41.1 Å². The van der Waals surface area contributed by atoms with Crippen molar-refractivity contribution < 1.29 is 4.79 Å². The SMILES string of the molecule is CCC(C)C(C)NC(=O)C1CC12CCNCC2.Cl. The van der Waals surface area contributed by atoms with Crippen LogP contribution in [-0.4, -0.2) is 25.0 Å². The number of piperidine rings is 1. The zero-order chi connectivity index (χ0) is 12.5. The molecule has 3 nitrogen and oxygen atoms in total. The second-order valence-electron chi connectivity index (χ2n) is 6.05. The number of rotatable bonds is 4. The molecule has 1 saturated carbocycles. The van der Waals surface area contributed by atoms with Gasteiger partial charge in [-0.25, -0.2) is 0 Å². The minimum atomic E-state index is 0. The smallest absolute Gasteiger partial charge is 0.223 e. The van der Waals surface area contributed by atoms with Crippen molar-refractivity contribution in [2.75, 3.05) is 13.1 Å². The minimum Gasteiger partial charge on any atom is -0.353 e. The van der Waals surface area contributed by atoms with E-state index in [1.54, 1.807) is 0 Å². The maximum atomic E-state index is 12.2. The fraction of sp³-hybridized carbons (Fsp3) is 0.929. The van der Waals surface area contributed by atoms with Crippen molar-refractivity contribution >= 4 is 18.3 Å². The highest BCUT2D eigenvalue weighted by Gasteiger charge is 2.57. The van der Waals surface area contributed by atoms with Crippen LogP contribution in [0.1, 0.15) is 46.5 Å². The Hall–Kier alpha value is -0.280. The monoisotopic (exact) mass is 274 g/mol. The van der Waals surface area contributed by atoms with Crippen LogP contribution >= 0.6 is 12.4 Å². The molecule has 1 saturated heterocycles. The summed E-state index contributed by atoms with van der Waals surface area (Å²) < 4.78 is 0. The molecule has 1 aliphatic carbocycles. The summed E-state index contributed by atoms with van der Waals surface area (Å²) in [6.07, 6.45) is 4.61. The van der Waals surface area contributed by atoms with E-state index in [1.807, 2.05) is 0 Å². The third-order valence-corrected chi connectivity index (χ3v) is 4.97. The summed E-state index contributed by atoms with van der Waals surface area (Å²) in [5.41, 5.74) is 0.366. The molecule has 0 aromatic heterocycles. The summed E-state index contributed by atoms with van der Waals surface area (Å²) in [6, 6.07) is 0.312. The van der Waals surface area contributed by atoms with Gasteiger partial charge in [0.1, 0.15) is 0 Å². The summed E-state index contributed by atoms with van der Waals surface area (Å²) in [7, 11) is 0. The first-order chi connectivity index (χ1) is 8.09. The van der Waals surface area contributed by atoms with E-state index in [9.17, 15) is 4.79 Å². The lowest BCUT2D eigenvalue weighted by Gasteiger charge is -2.24. The Kier molecular flexibility index (Phi) is 5.47. The number of carbonyl (C=O) groups is 1. The molecule has 3 unspecified atom stereocenters. The maximum Gasteiger partial charge on any atom is 0.223 e. The van der Waals surface area contributed by atoms with E-state index >= 15 is 0 Å². The summed E-state index contributed by atoms with van der Waals surface area (Å²) >= 11 is 0. The van der Waals surface area contributed by atoms with Gasteiger partial charge in [0.25, 0.3) is 0 Å². The first-order valence-electron chi connectivity index (χ1n) is 7.10. The molecule has 0 bridgehead atoms. The number of amides is 1. The van der Waals surface area contributed by atoms with Crippen LogP contribution < -0.4 is 10.6 Å². The Morgan fingerprint density at radius 3 is 2.56 bits per heavy atom. The van der Waals surface area contributed by atoms with Crippen LogP contribution in [0, 0.1) is 17.3 Å². The van der Waals surface area contributed by atoms with Crippen LogP contribution in [0.5, 0.6) is 0 Å². The Morgan fingerprint density at radius 1 is 1.39 bits per heavy atom. The molecule has 0 radical (unpaired) electrons. The van der Waals surface area contributed by atoms with Crippen LogP contribution in [0.15, 0.2) is 0 Å². The van der Waals surface area contributed by atoms with Crippen LogP contribution in [0.25, 0.3) is 0 Å². The molecule has 106 valence electrons. The van der Waals surface area contributed by atoms with Gasteiger partial charge in [-0.05, 0) is 50.6 Å². The molecule has 1 aliphatic heterocycles. The standard InChI is InChI=1S/C14H26N2O.ClH/c1-4-10(2)11(3)16-13(17)12-9-14(12)5-7-15-8-6-14;/h10-12,15H,4-9H2,1-3H3,(H,16,17);1H. The van der Waals surface area contributed by atoms with Crippen LogP contribution in [0.2, 0.25) is 0 Å². The molecule has 2 rings (SSSR count). The van der Waals surface area contributed by atoms with Gasteiger partial charge in [-0.2, -0.15) is 0 Å². The maximum absolute atomic E-state index is 12.2. The molecule has 0 aromatic carbocycles. The molecular weight excluding hydrogens is 248 g/mol. The predicted molar refractivity (Wildman–Crippen MR) is 77.0 cm³/mol. The molecule has 4 heteroatoms. The summed E-state index contributed by atoms with van der Waals surface area (Å²) in [6.45, 7) is 8.69. The van der Waals surface area contributed by atoms with E-state index in [2.05, 4.69) is 31.4 Å². The summed E-state index contributed by atoms with van der Waals surface area (Å²) in [4.78, 5) is 12.2. The second-order valence-corrected chi connectivity index (χ2v) is 6.05. The quantitative estimate of drug-likeness (QED) is 0.826. The largest absolute Gasteiger partial charge is 0.353 e. The van der Waals surface area contributed by atoms with Crippen molar-refractivity contribution in [3.63, 3.8) is 0 Å². The average Bonchev–Trinajstić information content (AvgIpc) is 3.02. The fourth-order valence-electron chi connectivity index (χ4n) is 3.02. The molecule has 2 N–H and O–H groups in total. The number of nitrogens with one attached hydrogen (secondary N) is 2. The van der Waals surface area contributed by atoms with Gasteiger partial charge in [0.2, 0.25) is 5.91 Å². The predicted octanol–water partition coefficient (Wildman–Crippen LogP) is 2.35. The molecule has 1 amide bonds. The summed E-state index contributed by atoms with van der Waals surface area (Å²) in [5, 5.41) is 6.58. The lowest BCUT2D eigenvalue weighted by molar-refractivity contribution is -0.124. The first kappa shape index (κ1) is 15.8. The van der Waals surface area contributed by atoms with Gasteiger partial charge in [-0.3, -0.25) is 4.79 Å². The van der Waals surface area contributed by atoms with Gasteiger partial charge in [0, 0.05) is 12.0 Å². The van der Waals surface area contributed by atoms with Gasteiger partial charge < -0.3 is 10.6 Å². The van der Waals surface area contributed by atoms with Crippen molar-refractivity contribution in [1.82, 2.24) is 10.6 Å².